The smallest absolute Gasteiger partial charge is 0.0552 e. The van der Waals surface area contributed by atoms with Gasteiger partial charge in [-0.1, -0.05) is 30.9 Å². The number of aliphatic hydroxyl groups excluding tert-OH is 1. The van der Waals surface area contributed by atoms with Gasteiger partial charge in [0.2, 0.25) is 0 Å². The number of aliphatic hydroxyl groups is 1. The number of rotatable bonds is 4. The number of hydrogen-bond donors (Lipinski definition) is 1. The summed E-state index contributed by atoms with van der Waals surface area (Å²) in [6, 6.07) is 0. The Balaban J connectivity index is 3.98. The van der Waals surface area contributed by atoms with Crippen molar-refractivity contribution in [1.82, 2.24) is 0 Å². The lowest BCUT2D eigenvalue weighted by molar-refractivity contribution is 0.196. The third-order valence-electron chi connectivity index (χ3n) is 1.35. The molecular weight excluding hydrogens is 136 g/mol. The molecule has 0 rings (SSSR count). The first-order chi connectivity index (χ1) is 5.20. The summed E-state index contributed by atoms with van der Waals surface area (Å²) in [5.74, 6) is 0. The van der Waals surface area contributed by atoms with Crippen molar-refractivity contribution in [2.24, 2.45) is 0 Å². The molecule has 0 aliphatic rings. The Bertz CT molecular complexity index is 164. The molecule has 0 amide bonds. The van der Waals surface area contributed by atoms with E-state index in [1.807, 2.05) is 25.2 Å². The molecule has 1 nitrogen and oxygen atoms in total. The van der Waals surface area contributed by atoms with E-state index in [9.17, 15) is 0 Å². The van der Waals surface area contributed by atoms with E-state index < -0.39 is 0 Å². The molecule has 0 aromatic rings. The fourth-order valence-corrected chi connectivity index (χ4v) is 0.815. The molecule has 0 bridgehead atoms. The topological polar surface area (TPSA) is 20.2 Å². The molecule has 0 aliphatic carbocycles. The van der Waals surface area contributed by atoms with Crippen LogP contribution in [-0.4, -0.2) is 11.2 Å². The van der Waals surface area contributed by atoms with E-state index in [0.717, 1.165) is 5.57 Å². The van der Waals surface area contributed by atoms with E-state index in [4.69, 9.17) is 5.11 Å². The molecule has 0 saturated carbocycles. The first-order valence-electron chi connectivity index (χ1n) is 3.83. The van der Waals surface area contributed by atoms with Gasteiger partial charge in [0.05, 0.1) is 6.10 Å². The van der Waals surface area contributed by atoms with Crippen molar-refractivity contribution in [3.63, 3.8) is 0 Å². The van der Waals surface area contributed by atoms with Gasteiger partial charge in [-0.3, -0.25) is 0 Å². The molecule has 0 heterocycles. The quantitative estimate of drug-likeness (QED) is 0.613. The predicted molar refractivity (Wildman–Crippen MR) is 49.4 cm³/mol. The molecule has 0 fully saturated rings. The molecule has 0 spiro atoms. The highest BCUT2D eigenvalue weighted by Gasteiger charge is 1.96. The summed E-state index contributed by atoms with van der Waals surface area (Å²) in [5.41, 5.74) is 1.14. The fraction of sp³-hybridized carbons (Fsp3) is 0.400. The van der Waals surface area contributed by atoms with Crippen molar-refractivity contribution in [1.29, 1.82) is 0 Å². The minimum Gasteiger partial charge on any atom is -0.393 e. The Morgan fingerprint density at radius 2 is 2.27 bits per heavy atom. The van der Waals surface area contributed by atoms with Gasteiger partial charge in [-0.05, 0) is 25.8 Å². The van der Waals surface area contributed by atoms with E-state index in [2.05, 4.69) is 6.58 Å². The monoisotopic (exact) mass is 152 g/mol. The van der Waals surface area contributed by atoms with Gasteiger partial charge < -0.3 is 5.11 Å². The van der Waals surface area contributed by atoms with Crippen LogP contribution in [0.15, 0.2) is 36.5 Å². The maximum Gasteiger partial charge on any atom is 0.0552 e. The van der Waals surface area contributed by atoms with Gasteiger partial charge in [-0.2, -0.15) is 0 Å². The first kappa shape index (κ1) is 10.2. The molecule has 0 radical (unpaired) electrons. The van der Waals surface area contributed by atoms with Crippen molar-refractivity contribution < 1.29 is 5.11 Å². The summed E-state index contributed by atoms with van der Waals surface area (Å²) in [6.07, 6.45) is 7.99. The molecule has 1 heteroatoms. The van der Waals surface area contributed by atoms with Crippen LogP contribution in [0.4, 0.5) is 0 Å². The normalized spacial score (nSPS) is 15.4. The van der Waals surface area contributed by atoms with Crippen LogP contribution in [0.5, 0.6) is 0 Å². The molecular formula is C10H16O. The van der Waals surface area contributed by atoms with E-state index in [0.29, 0.717) is 6.42 Å². The zero-order valence-electron chi connectivity index (χ0n) is 7.25. The number of allylic oxidation sites excluding steroid dienone is 4. The van der Waals surface area contributed by atoms with Crippen LogP contribution in [0.2, 0.25) is 0 Å². The molecule has 0 saturated heterocycles. The Labute approximate surface area is 68.7 Å². The van der Waals surface area contributed by atoms with Gasteiger partial charge in [-0.15, -0.1) is 0 Å². The Hall–Kier alpha value is -0.820. The second-order valence-electron chi connectivity index (χ2n) is 2.51. The van der Waals surface area contributed by atoms with Crippen molar-refractivity contribution in [3.05, 3.63) is 36.5 Å². The predicted octanol–water partition coefficient (Wildman–Crippen LogP) is 2.45. The van der Waals surface area contributed by atoms with Crippen molar-refractivity contribution in [2.75, 3.05) is 0 Å². The van der Waals surface area contributed by atoms with Gasteiger partial charge in [0, 0.05) is 0 Å². The summed E-state index contributed by atoms with van der Waals surface area (Å²) >= 11 is 0. The minimum absolute atomic E-state index is 0.268. The largest absolute Gasteiger partial charge is 0.393 e. The van der Waals surface area contributed by atoms with Gasteiger partial charge in [0.15, 0.2) is 0 Å². The Kier molecular flexibility index (Phi) is 5.49. The summed E-state index contributed by atoms with van der Waals surface area (Å²) in [5, 5.41) is 9.05. The maximum absolute atomic E-state index is 9.05. The molecule has 62 valence electrons. The molecule has 1 atom stereocenters. The zero-order valence-corrected chi connectivity index (χ0v) is 7.25. The van der Waals surface area contributed by atoms with Crippen molar-refractivity contribution in [3.8, 4) is 0 Å². The van der Waals surface area contributed by atoms with Crippen molar-refractivity contribution >= 4 is 0 Å². The van der Waals surface area contributed by atoms with Crippen LogP contribution in [0, 0.1) is 0 Å². The second kappa shape index (κ2) is 5.93. The van der Waals surface area contributed by atoms with Crippen LogP contribution in [0.25, 0.3) is 0 Å². The molecule has 11 heavy (non-hydrogen) atoms. The fourth-order valence-electron chi connectivity index (χ4n) is 0.815. The summed E-state index contributed by atoms with van der Waals surface area (Å²) < 4.78 is 0. The molecule has 0 aromatic carbocycles. The van der Waals surface area contributed by atoms with Gasteiger partial charge in [0.25, 0.3) is 0 Å². The zero-order chi connectivity index (χ0) is 8.69. The van der Waals surface area contributed by atoms with Crippen LogP contribution in [0.1, 0.15) is 20.3 Å². The lowest BCUT2D eigenvalue weighted by Gasteiger charge is -2.03. The average molecular weight is 152 g/mol. The van der Waals surface area contributed by atoms with E-state index in [1.54, 1.807) is 13.0 Å². The SMILES string of the molecule is C=C/C=C\C(=C/C)CC(C)O. The lowest BCUT2D eigenvalue weighted by Crippen LogP contribution is -1.99. The highest BCUT2D eigenvalue weighted by molar-refractivity contribution is 5.21. The van der Waals surface area contributed by atoms with E-state index in [-0.39, 0.29) is 6.10 Å². The summed E-state index contributed by atoms with van der Waals surface area (Å²) in [7, 11) is 0. The van der Waals surface area contributed by atoms with E-state index in [1.165, 1.54) is 0 Å². The number of hydrogen-bond acceptors (Lipinski definition) is 1. The van der Waals surface area contributed by atoms with Crippen LogP contribution < -0.4 is 0 Å². The average Bonchev–Trinajstić information content (AvgIpc) is 1.97. The third-order valence-corrected chi connectivity index (χ3v) is 1.35. The van der Waals surface area contributed by atoms with Gasteiger partial charge in [-0.25, -0.2) is 0 Å². The van der Waals surface area contributed by atoms with Gasteiger partial charge >= 0.3 is 0 Å². The van der Waals surface area contributed by atoms with Gasteiger partial charge in [0.1, 0.15) is 0 Å². The first-order valence-corrected chi connectivity index (χ1v) is 3.83. The second-order valence-corrected chi connectivity index (χ2v) is 2.51. The Morgan fingerprint density at radius 1 is 1.64 bits per heavy atom. The van der Waals surface area contributed by atoms with Crippen molar-refractivity contribution in [2.45, 2.75) is 26.4 Å². The highest BCUT2D eigenvalue weighted by atomic mass is 16.3. The molecule has 1 unspecified atom stereocenters. The standard InChI is InChI=1S/C10H16O/c1-4-6-7-10(5-2)8-9(3)11/h4-7,9,11H,1,8H2,2-3H3/b7-6-,10-5+. The minimum atomic E-state index is -0.268. The third kappa shape index (κ3) is 5.62. The molecule has 0 aliphatic heterocycles. The van der Waals surface area contributed by atoms with E-state index >= 15 is 0 Å². The molecule has 1 N–H and O–H groups in total. The van der Waals surface area contributed by atoms with Crippen LogP contribution >= 0.6 is 0 Å². The van der Waals surface area contributed by atoms with Crippen LogP contribution in [-0.2, 0) is 0 Å². The summed E-state index contributed by atoms with van der Waals surface area (Å²) in [4.78, 5) is 0. The highest BCUT2D eigenvalue weighted by Crippen LogP contribution is 2.06. The summed E-state index contributed by atoms with van der Waals surface area (Å²) in [6.45, 7) is 7.32. The van der Waals surface area contributed by atoms with Crippen LogP contribution in [0.3, 0.4) is 0 Å². The molecule has 0 aromatic heterocycles. The maximum atomic E-state index is 9.05. The Morgan fingerprint density at radius 3 is 2.64 bits per heavy atom. The lowest BCUT2D eigenvalue weighted by atomic mass is 10.1.